The van der Waals surface area contributed by atoms with Gasteiger partial charge in [-0.15, -0.1) is 0 Å². The van der Waals surface area contributed by atoms with Gasteiger partial charge in [-0.3, -0.25) is 4.79 Å². The van der Waals surface area contributed by atoms with Gasteiger partial charge < -0.3 is 4.52 Å². The molecule has 1 aromatic heterocycles. The van der Waals surface area contributed by atoms with Crippen LogP contribution < -0.4 is 0 Å². The van der Waals surface area contributed by atoms with Crippen LogP contribution in [0.2, 0.25) is 0 Å². The van der Waals surface area contributed by atoms with Gasteiger partial charge in [0.1, 0.15) is 0 Å². The second kappa shape index (κ2) is 3.52. The highest BCUT2D eigenvalue weighted by atomic mass is 16.5. The summed E-state index contributed by atoms with van der Waals surface area (Å²) in [6, 6.07) is 0. The molecule has 0 spiro atoms. The summed E-state index contributed by atoms with van der Waals surface area (Å²) >= 11 is 0. The van der Waals surface area contributed by atoms with E-state index in [0.29, 0.717) is 5.89 Å². The zero-order valence-corrected chi connectivity index (χ0v) is 9.29. The fraction of sp³-hybridized carbons (Fsp3) is 0.700. The zero-order chi connectivity index (χ0) is 10.9. The third-order valence-corrected chi connectivity index (χ3v) is 1.81. The molecule has 0 amide bonds. The van der Waals surface area contributed by atoms with Gasteiger partial charge in [-0.2, -0.15) is 4.98 Å². The first kappa shape index (κ1) is 10.9. The third-order valence-electron chi connectivity index (χ3n) is 1.81. The summed E-state index contributed by atoms with van der Waals surface area (Å²) in [6.45, 7) is 9.52. The van der Waals surface area contributed by atoms with Crippen molar-refractivity contribution in [3.05, 3.63) is 11.7 Å². The monoisotopic (exact) mass is 196 g/mol. The molecule has 78 valence electrons. The molecular weight excluding hydrogens is 180 g/mol. The van der Waals surface area contributed by atoms with Crippen molar-refractivity contribution in [1.29, 1.82) is 0 Å². The van der Waals surface area contributed by atoms with Gasteiger partial charge in [-0.1, -0.05) is 39.8 Å². The van der Waals surface area contributed by atoms with Gasteiger partial charge in [0.2, 0.25) is 17.5 Å². The van der Waals surface area contributed by atoms with E-state index in [-0.39, 0.29) is 22.9 Å². The Morgan fingerprint density at radius 1 is 1.36 bits per heavy atom. The highest BCUT2D eigenvalue weighted by Gasteiger charge is 2.24. The average Bonchev–Trinajstić information content (AvgIpc) is 2.49. The fourth-order valence-corrected chi connectivity index (χ4v) is 0.886. The molecule has 14 heavy (non-hydrogen) atoms. The van der Waals surface area contributed by atoms with Crippen LogP contribution in [-0.2, 0) is 5.41 Å². The quantitative estimate of drug-likeness (QED) is 0.680. The maximum Gasteiger partial charge on any atom is 0.238 e. The van der Waals surface area contributed by atoms with E-state index in [9.17, 15) is 4.79 Å². The SMILES string of the molecule is CC(C)C(=O)c1noc(C(C)(C)C)n1. The van der Waals surface area contributed by atoms with Crippen molar-refractivity contribution < 1.29 is 9.32 Å². The van der Waals surface area contributed by atoms with Gasteiger partial charge in [0.05, 0.1) is 0 Å². The van der Waals surface area contributed by atoms with Crippen molar-refractivity contribution in [2.24, 2.45) is 5.92 Å². The number of hydrogen-bond acceptors (Lipinski definition) is 4. The highest BCUT2D eigenvalue weighted by Crippen LogP contribution is 2.20. The second-order valence-electron chi connectivity index (χ2n) is 4.69. The lowest BCUT2D eigenvalue weighted by atomic mass is 9.97. The van der Waals surface area contributed by atoms with Crippen LogP contribution in [0.5, 0.6) is 0 Å². The maximum absolute atomic E-state index is 11.5. The molecule has 0 saturated heterocycles. The third kappa shape index (κ3) is 2.19. The Kier molecular flexibility index (Phi) is 2.73. The molecule has 4 heteroatoms. The number of carbonyl (C=O) groups excluding carboxylic acids is 1. The summed E-state index contributed by atoms with van der Waals surface area (Å²) in [5.74, 6) is 0.510. The molecule has 0 aromatic carbocycles. The molecule has 0 saturated carbocycles. The number of ketones is 1. The lowest BCUT2D eigenvalue weighted by Gasteiger charge is -2.10. The van der Waals surface area contributed by atoms with Crippen LogP contribution in [-0.4, -0.2) is 15.9 Å². The van der Waals surface area contributed by atoms with Gasteiger partial charge in [0.25, 0.3) is 0 Å². The van der Waals surface area contributed by atoms with Crippen LogP contribution in [0.4, 0.5) is 0 Å². The van der Waals surface area contributed by atoms with E-state index in [0.717, 1.165) is 0 Å². The number of hydrogen-bond donors (Lipinski definition) is 0. The topological polar surface area (TPSA) is 56.0 Å². The van der Waals surface area contributed by atoms with Gasteiger partial charge in [-0.25, -0.2) is 0 Å². The molecule has 0 aliphatic carbocycles. The minimum Gasteiger partial charge on any atom is -0.338 e. The highest BCUT2D eigenvalue weighted by molar-refractivity contribution is 5.93. The Bertz CT molecular complexity index is 334. The molecule has 0 fully saturated rings. The van der Waals surface area contributed by atoms with Crippen molar-refractivity contribution in [3.8, 4) is 0 Å². The number of aromatic nitrogens is 2. The maximum atomic E-state index is 11.5. The van der Waals surface area contributed by atoms with Crippen LogP contribution in [0.25, 0.3) is 0 Å². The van der Waals surface area contributed by atoms with Crippen LogP contribution >= 0.6 is 0 Å². The van der Waals surface area contributed by atoms with Gasteiger partial charge in [-0.05, 0) is 0 Å². The van der Waals surface area contributed by atoms with Crippen molar-refractivity contribution in [1.82, 2.24) is 10.1 Å². The fourth-order valence-electron chi connectivity index (χ4n) is 0.886. The molecule has 4 nitrogen and oxygen atoms in total. The van der Waals surface area contributed by atoms with E-state index in [1.54, 1.807) is 0 Å². The van der Waals surface area contributed by atoms with Crippen molar-refractivity contribution in [2.75, 3.05) is 0 Å². The van der Waals surface area contributed by atoms with E-state index in [2.05, 4.69) is 10.1 Å². The minimum atomic E-state index is -0.206. The van der Waals surface area contributed by atoms with Crippen molar-refractivity contribution >= 4 is 5.78 Å². The first-order valence-corrected chi connectivity index (χ1v) is 4.71. The lowest BCUT2D eigenvalue weighted by molar-refractivity contribution is 0.0926. The lowest BCUT2D eigenvalue weighted by Crippen LogP contribution is -2.13. The summed E-state index contributed by atoms with van der Waals surface area (Å²) in [7, 11) is 0. The van der Waals surface area contributed by atoms with E-state index < -0.39 is 0 Å². The summed E-state index contributed by atoms with van der Waals surface area (Å²) < 4.78 is 5.02. The zero-order valence-electron chi connectivity index (χ0n) is 9.29. The minimum absolute atomic E-state index is 0.0794. The second-order valence-corrected chi connectivity index (χ2v) is 4.69. The summed E-state index contributed by atoms with van der Waals surface area (Å²) in [4.78, 5) is 15.6. The predicted molar refractivity (Wildman–Crippen MR) is 52.2 cm³/mol. The standard InChI is InChI=1S/C10H16N2O2/c1-6(2)7(13)8-11-9(14-12-8)10(3,4)5/h6H,1-5H3. The van der Waals surface area contributed by atoms with Crippen molar-refractivity contribution in [2.45, 2.75) is 40.0 Å². The average molecular weight is 196 g/mol. The molecule has 0 aliphatic heterocycles. The predicted octanol–water partition coefficient (Wildman–Crippen LogP) is 2.21. The van der Waals surface area contributed by atoms with Crippen LogP contribution in [0.15, 0.2) is 4.52 Å². The first-order valence-electron chi connectivity index (χ1n) is 4.71. The number of Topliss-reactive ketones (excluding diaryl/α,β-unsaturated/α-hetero) is 1. The summed E-state index contributed by atoms with van der Waals surface area (Å²) in [5, 5.41) is 3.67. The normalized spacial score (nSPS) is 12.1. The first-order chi connectivity index (χ1) is 6.32. The largest absolute Gasteiger partial charge is 0.338 e. The molecule has 1 heterocycles. The molecule has 0 radical (unpaired) electrons. The Balaban J connectivity index is 2.95. The Morgan fingerprint density at radius 2 is 1.93 bits per heavy atom. The van der Waals surface area contributed by atoms with Crippen LogP contribution in [0.1, 0.15) is 51.1 Å². The summed E-state index contributed by atoms with van der Waals surface area (Å²) in [6.07, 6.45) is 0. The molecule has 0 aliphatic rings. The Hall–Kier alpha value is -1.19. The molecule has 0 bridgehead atoms. The number of rotatable bonds is 2. The molecule has 1 aromatic rings. The molecule has 1 rings (SSSR count). The van der Waals surface area contributed by atoms with Crippen molar-refractivity contribution in [3.63, 3.8) is 0 Å². The van der Waals surface area contributed by atoms with Gasteiger partial charge >= 0.3 is 0 Å². The van der Waals surface area contributed by atoms with E-state index in [1.165, 1.54) is 0 Å². The molecule has 0 N–H and O–H groups in total. The van der Waals surface area contributed by atoms with E-state index in [1.807, 2.05) is 34.6 Å². The van der Waals surface area contributed by atoms with E-state index in [4.69, 9.17) is 4.52 Å². The van der Waals surface area contributed by atoms with Crippen LogP contribution in [0.3, 0.4) is 0 Å². The smallest absolute Gasteiger partial charge is 0.238 e. The number of nitrogens with zero attached hydrogens (tertiary/aromatic N) is 2. The van der Waals surface area contributed by atoms with E-state index >= 15 is 0 Å². The van der Waals surface area contributed by atoms with Gasteiger partial charge in [0.15, 0.2) is 0 Å². The molecular formula is C10H16N2O2. The summed E-state index contributed by atoms with van der Waals surface area (Å²) in [5.41, 5.74) is -0.206. The molecule has 0 atom stereocenters. The Labute approximate surface area is 83.7 Å². The molecule has 0 unspecified atom stereocenters. The Morgan fingerprint density at radius 3 is 2.29 bits per heavy atom. The van der Waals surface area contributed by atoms with Gasteiger partial charge in [0, 0.05) is 11.3 Å². The number of carbonyl (C=O) groups is 1. The van der Waals surface area contributed by atoms with Crippen LogP contribution in [0, 0.1) is 5.92 Å².